The average Bonchev–Trinajstić information content (AvgIpc) is 3.98. The van der Waals surface area contributed by atoms with Gasteiger partial charge < -0.3 is 45.3 Å². The van der Waals surface area contributed by atoms with Crippen LogP contribution in [-0.2, 0) is 23.9 Å². The van der Waals surface area contributed by atoms with Gasteiger partial charge in [0.2, 0.25) is 5.91 Å². The highest BCUT2D eigenvalue weighted by Crippen LogP contribution is 2.65. The van der Waals surface area contributed by atoms with E-state index in [1.807, 2.05) is 0 Å². The molecule has 1 aromatic carbocycles. The van der Waals surface area contributed by atoms with Crippen LogP contribution in [0.2, 0.25) is 0 Å². The molecule has 1 amide bonds. The van der Waals surface area contributed by atoms with Gasteiger partial charge in [0.15, 0.2) is 11.5 Å². The summed E-state index contributed by atoms with van der Waals surface area (Å²) < 4.78 is 20.4. The zero-order valence-electron chi connectivity index (χ0n) is 39.1. The Morgan fingerprint density at radius 1 is 0.969 bits per heavy atom. The second kappa shape index (κ2) is 19.0. The topological polar surface area (TPSA) is 184 Å². The first-order valence-corrected chi connectivity index (χ1v) is 25.7. The van der Waals surface area contributed by atoms with E-state index < -0.39 is 46.6 Å². The molecule has 0 aromatic heterocycles. The first kappa shape index (κ1) is 46.7. The van der Waals surface area contributed by atoms with Gasteiger partial charge in [-0.15, -0.1) is 5.92 Å². The summed E-state index contributed by atoms with van der Waals surface area (Å²) in [5.41, 5.74) is -0.623. The van der Waals surface area contributed by atoms with Crippen molar-refractivity contribution in [3.05, 3.63) is 23.3 Å². The largest absolute Gasteiger partial charge is 0.504 e. The maximum Gasteiger partial charge on any atom is 0.332 e. The monoisotopic (exact) mass is 901 g/mol. The minimum absolute atomic E-state index is 0.0150. The Hall–Kier alpha value is -3.37. The number of rotatable bonds is 10. The summed E-state index contributed by atoms with van der Waals surface area (Å²) in [4.78, 5) is 43.4. The van der Waals surface area contributed by atoms with Gasteiger partial charge in [0.05, 0.1) is 12.7 Å². The van der Waals surface area contributed by atoms with Crippen LogP contribution in [0.25, 0.3) is 0 Å². The van der Waals surface area contributed by atoms with E-state index in [1.54, 1.807) is 13.0 Å². The number of ether oxygens (including phenoxy) is 3. The van der Waals surface area contributed by atoms with Crippen molar-refractivity contribution in [1.29, 1.82) is 0 Å². The van der Waals surface area contributed by atoms with E-state index in [0.717, 1.165) is 81.8 Å². The van der Waals surface area contributed by atoms with Crippen molar-refractivity contribution < 1.29 is 49.0 Å². The molecule has 2 saturated heterocycles. The number of hydrogen-bond donors (Lipinski definition) is 6. The lowest BCUT2D eigenvalue weighted by molar-refractivity contribution is -0.185. The Morgan fingerprint density at radius 2 is 1.71 bits per heavy atom. The van der Waals surface area contributed by atoms with Crippen molar-refractivity contribution >= 4 is 17.8 Å². The number of esters is 2. The van der Waals surface area contributed by atoms with Crippen LogP contribution in [0.4, 0.5) is 0 Å². The number of aromatic hydroxyl groups is 1. The lowest BCUT2D eigenvalue weighted by atomic mass is 9.51. The summed E-state index contributed by atoms with van der Waals surface area (Å²) in [6.45, 7) is 4.93. The van der Waals surface area contributed by atoms with Gasteiger partial charge in [-0.25, -0.2) is 4.79 Å². The van der Waals surface area contributed by atoms with Crippen molar-refractivity contribution in [3.8, 4) is 23.3 Å². The van der Waals surface area contributed by atoms with E-state index in [2.05, 4.69) is 28.5 Å². The van der Waals surface area contributed by atoms with Gasteiger partial charge in [-0.05, 0) is 139 Å². The molecule has 5 fully saturated rings. The standard InChI is InChI=1S/C53H76N2O10/c1-33(58)27-35-11-9-12-36-28-40-41(51(32-57)19-7-8-20-51)31-63-47-42(60)16-15-39(45(40)47)46(36)52(22-24-54-25-23-52)44(29-43(64-34(2)59)38(35)14-10-26-56)65-49(62)53-21-4-3-13-37(53)30-50(48(61)55-53)17-5-6-18-50/h15-16,33,35-38,40-41,43-44,46,54,56-58,60H,3-8,10-11,13-14,17-32H2,1-2H3,(H,55,61). The van der Waals surface area contributed by atoms with Gasteiger partial charge in [-0.1, -0.05) is 50.5 Å². The Kier molecular flexibility index (Phi) is 13.6. The van der Waals surface area contributed by atoms with Gasteiger partial charge >= 0.3 is 11.9 Å². The predicted molar refractivity (Wildman–Crippen MR) is 244 cm³/mol. The lowest BCUT2D eigenvalue weighted by Gasteiger charge is -2.56. The maximum atomic E-state index is 15.7. The molecule has 11 atom stereocenters. The first-order chi connectivity index (χ1) is 31.4. The van der Waals surface area contributed by atoms with E-state index in [4.69, 9.17) is 14.2 Å². The van der Waals surface area contributed by atoms with Gasteiger partial charge in [-0.3, -0.25) is 9.59 Å². The molecule has 2 spiro atoms. The van der Waals surface area contributed by atoms with Crippen LogP contribution >= 0.6 is 0 Å². The van der Waals surface area contributed by atoms with Crippen molar-refractivity contribution in [3.63, 3.8) is 0 Å². The fraction of sp³-hybridized carbons (Fsp3) is 0.792. The fourth-order valence-corrected chi connectivity index (χ4v) is 15.7. The van der Waals surface area contributed by atoms with E-state index in [9.17, 15) is 30.0 Å². The van der Waals surface area contributed by atoms with Gasteiger partial charge in [0.25, 0.3) is 0 Å². The Labute approximate surface area is 386 Å². The molecule has 11 unspecified atom stereocenters. The van der Waals surface area contributed by atoms with Crippen LogP contribution in [0, 0.1) is 57.7 Å². The number of phenolic OH excluding ortho intramolecular Hbond substituents is 1. The van der Waals surface area contributed by atoms with Crippen LogP contribution in [-0.4, -0.2) is 95.0 Å². The van der Waals surface area contributed by atoms with Crippen LogP contribution in [0.5, 0.6) is 11.5 Å². The molecule has 12 heteroatoms. The molecule has 358 valence electrons. The molecule has 1 aromatic rings. The predicted octanol–water partition coefficient (Wildman–Crippen LogP) is 6.94. The number of carbonyl (C=O) groups is 3. The lowest BCUT2D eigenvalue weighted by Crippen LogP contribution is -2.69. The summed E-state index contributed by atoms with van der Waals surface area (Å²) >= 11 is 0. The Morgan fingerprint density at radius 3 is 2.42 bits per heavy atom. The number of hydrogen-bond acceptors (Lipinski definition) is 11. The van der Waals surface area contributed by atoms with Crippen LogP contribution in [0.1, 0.15) is 172 Å². The SMILES string of the molecule is CC(=O)OC1CC(OC(=O)C23CCCCC2CC2(CCCC2)C(=O)N3)C2(CCNCC2)C2c3ccc(O)c4c3C(CC2C#CCC(CC(C)O)C1CCCO)C(C1(CO)CCCC1)CO4. The van der Waals surface area contributed by atoms with Crippen LogP contribution in [0.15, 0.2) is 12.1 Å². The third kappa shape index (κ3) is 8.39. The zero-order chi connectivity index (χ0) is 45.6. The number of amides is 1. The van der Waals surface area contributed by atoms with Crippen LogP contribution in [0.3, 0.4) is 0 Å². The van der Waals surface area contributed by atoms with Gasteiger partial charge in [-0.2, -0.15) is 0 Å². The Balaban J connectivity index is 1.22. The van der Waals surface area contributed by atoms with Gasteiger partial charge in [0, 0.05) is 72.5 Å². The molecule has 12 nitrogen and oxygen atoms in total. The number of nitrogens with one attached hydrogen (secondary N) is 2. The van der Waals surface area contributed by atoms with Crippen molar-refractivity contribution in [2.45, 2.75) is 184 Å². The van der Waals surface area contributed by atoms with Crippen molar-refractivity contribution in [2.24, 2.45) is 45.8 Å². The first-order valence-electron chi connectivity index (χ1n) is 25.7. The molecule has 3 heterocycles. The summed E-state index contributed by atoms with van der Waals surface area (Å²) in [6, 6.07) is 3.79. The third-order valence-corrected chi connectivity index (χ3v) is 18.8. The smallest absolute Gasteiger partial charge is 0.332 e. The molecule has 9 rings (SSSR count). The van der Waals surface area contributed by atoms with Crippen molar-refractivity contribution in [2.75, 3.05) is 32.9 Å². The van der Waals surface area contributed by atoms with E-state index in [1.165, 1.54) is 6.92 Å². The molecular weight excluding hydrogens is 825 g/mol. The molecular formula is C53H76N2O10. The number of aliphatic hydroxyl groups excluding tert-OH is 3. The summed E-state index contributed by atoms with van der Waals surface area (Å²) in [6.07, 6.45) is 13.3. The van der Waals surface area contributed by atoms with Gasteiger partial charge in [0.1, 0.15) is 17.7 Å². The normalized spacial score (nSPS) is 36.0. The second-order valence-corrected chi connectivity index (χ2v) is 22.2. The summed E-state index contributed by atoms with van der Waals surface area (Å²) in [5.74, 6) is 6.24. The molecule has 0 radical (unpaired) electrons. The average molecular weight is 901 g/mol. The molecule has 8 aliphatic rings. The highest BCUT2D eigenvalue weighted by Gasteiger charge is 2.63. The summed E-state index contributed by atoms with van der Waals surface area (Å²) in [5, 5.41) is 51.0. The number of benzene rings is 1. The molecule has 3 aliphatic heterocycles. The summed E-state index contributed by atoms with van der Waals surface area (Å²) in [7, 11) is 0. The molecule has 65 heavy (non-hydrogen) atoms. The number of carbonyl (C=O) groups excluding carboxylic acids is 3. The molecule has 6 N–H and O–H groups in total. The minimum Gasteiger partial charge on any atom is -0.504 e. The van der Waals surface area contributed by atoms with Crippen molar-refractivity contribution in [1.82, 2.24) is 10.6 Å². The number of phenols is 1. The minimum atomic E-state index is -1.17. The zero-order valence-corrected chi connectivity index (χ0v) is 39.1. The second-order valence-electron chi connectivity index (χ2n) is 22.2. The maximum absolute atomic E-state index is 15.7. The highest BCUT2D eigenvalue weighted by molar-refractivity contribution is 5.93. The van der Waals surface area contributed by atoms with E-state index >= 15 is 4.79 Å². The number of piperidine rings is 2. The highest BCUT2D eigenvalue weighted by atomic mass is 16.6. The number of aliphatic hydroxyl groups is 3. The Bertz CT molecular complexity index is 1970. The van der Waals surface area contributed by atoms with Crippen LogP contribution < -0.4 is 15.4 Å². The number of fused-ring (bicyclic) bond motifs is 4. The third-order valence-electron chi connectivity index (χ3n) is 18.8. The fourth-order valence-electron chi connectivity index (χ4n) is 15.7. The quantitative estimate of drug-likeness (QED) is 0.106. The molecule has 3 saturated carbocycles. The molecule has 5 aliphatic carbocycles. The van der Waals surface area contributed by atoms with E-state index in [-0.39, 0.29) is 78.1 Å². The van der Waals surface area contributed by atoms with E-state index in [0.29, 0.717) is 83.2 Å². The molecule has 0 bridgehead atoms.